The number of rotatable bonds is 10. The zero-order valence-corrected chi connectivity index (χ0v) is 19.4. The molecule has 0 radical (unpaired) electrons. The number of ether oxygens (including phenoxy) is 1. The monoisotopic (exact) mass is 491 g/mol. The van der Waals surface area contributed by atoms with Gasteiger partial charge in [0.05, 0.1) is 17.0 Å². The molecule has 1 aliphatic carbocycles. The van der Waals surface area contributed by atoms with Crippen LogP contribution in [0.25, 0.3) is 11.3 Å². The molecule has 4 rings (SSSR count). The lowest BCUT2D eigenvalue weighted by atomic mass is 10.0. The molecular formula is C24H25F4N5O2. The quantitative estimate of drug-likeness (QED) is 0.387. The van der Waals surface area contributed by atoms with Gasteiger partial charge in [0.15, 0.2) is 5.69 Å². The van der Waals surface area contributed by atoms with Crippen LogP contribution in [0.15, 0.2) is 24.4 Å². The zero-order valence-electron chi connectivity index (χ0n) is 19.4. The fourth-order valence-electron chi connectivity index (χ4n) is 3.87. The number of aromatic nitrogens is 5. The first-order valence-electron chi connectivity index (χ1n) is 11.3. The van der Waals surface area contributed by atoms with E-state index in [0.29, 0.717) is 29.5 Å². The van der Waals surface area contributed by atoms with Crippen LogP contribution < -0.4 is 4.74 Å². The molecule has 35 heavy (non-hydrogen) atoms. The summed E-state index contributed by atoms with van der Waals surface area (Å²) < 4.78 is 58.8. The van der Waals surface area contributed by atoms with E-state index in [4.69, 9.17) is 4.74 Å². The summed E-state index contributed by atoms with van der Waals surface area (Å²) >= 11 is 0. The Morgan fingerprint density at radius 2 is 1.97 bits per heavy atom. The Labute approximate surface area is 199 Å². The molecule has 3 aromatic rings. The number of carbonyl (C=O) groups is 1. The van der Waals surface area contributed by atoms with Crippen molar-refractivity contribution in [3.8, 4) is 17.1 Å². The normalized spacial score (nSPS) is 13.8. The second-order valence-electron chi connectivity index (χ2n) is 8.70. The molecule has 1 saturated carbocycles. The third kappa shape index (κ3) is 6.20. The van der Waals surface area contributed by atoms with Crippen LogP contribution in [-0.2, 0) is 30.9 Å². The molecule has 186 valence electrons. The molecule has 0 aromatic carbocycles. The molecule has 0 bridgehead atoms. The van der Waals surface area contributed by atoms with Crippen molar-refractivity contribution in [2.45, 2.75) is 51.1 Å². The number of aryl methyl sites for hydroxylation is 3. The predicted molar refractivity (Wildman–Crippen MR) is 119 cm³/mol. The highest BCUT2D eigenvalue weighted by atomic mass is 19.4. The molecule has 0 unspecified atom stereocenters. The Balaban J connectivity index is 1.42. The van der Waals surface area contributed by atoms with E-state index in [0.717, 1.165) is 28.8 Å². The van der Waals surface area contributed by atoms with Crippen LogP contribution in [0.1, 0.15) is 53.4 Å². The Bertz CT molecular complexity index is 1220. The number of carbonyl (C=O) groups excluding carboxylic acids is 1. The maximum absolute atomic E-state index is 13.3. The van der Waals surface area contributed by atoms with E-state index < -0.39 is 18.5 Å². The highest BCUT2D eigenvalue weighted by Crippen LogP contribution is 2.40. The van der Waals surface area contributed by atoms with Gasteiger partial charge in [-0.25, -0.2) is 9.37 Å². The van der Waals surface area contributed by atoms with Gasteiger partial charge in [0.1, 0.15) is 19.1 Å². The highest BCUT2D eigenvalue weighted by molar-refractivity contribution is 5.81. The highest BCUT2D eigenvalue weighted by Gasteiger charge is 2.38. The van der Waals surface area contributed by atoms with Crippen LogP contribution in [0.5, 0.6) is 5.88 Å². The standard InChI is InChI=1S/C24H25F4N5O2/c1-14-9-17(30-31-22(14)19-13-33(2)32-23(19)24(26,27)28)5-6-18(34)10-15-11-20(16-3-4-16)29-21(12-15)35-8-7-25/h9,11-13,16H,3-8,10H2,1-2H3. The average molecular weight is 491 g/mol. The molecule has 0 atom stereocenters. The van der Waals surface area contributed by atoms with E-state index in [9.17, 15) is 22.4 Å². The summed E-state index contributed by atoms with van der Waals surface area (Å²) in [6.07, 6.45) is -0.621. The number of ketones is 1. The summed E-state index contributed by atoms with van der Waals surface area (Å²) in [5, 5.41) is 11.6. The first kappa shape index (κ1) is 24.7. The van der Waals surface area contributed by atoms with Gasteiger partial charge < -0.3 is 4.74 Å². The third-order valence-electron chi connectivity index (χ3n) is 5.65. The van der Waals surface area contributed by atoms with Gasteiger partial charge >= 0.3 is 6.18 Å². The smallest absolute Gasteiger partial charge is 0.435 e. The van der Waals surface area contributed by atoms with Crippen LogP contribution in [0, 0.1) is 6.92 Å². The minimum atomic E-state index is -4.61. The van der Waals surface area contributed by atoms with Crippen LogP contribution in [0.4, 0.5) is 17.6 Å². The average Bonchev–Trinajstić information content (AvgIpc) is 3.57. The molecular weight excluding hydrogens is 466 g/mol. The van der Waals surface area contributed by atoms with Gasteiger partial charge in [-0.3, -0.25) is 9.48 Å². The van der Waals surface area contributed by atoms with Gasteiger partial charge in [0.25, 0.3) is 0 Å². The number of alkyl halides is 4. The van der Waals surface area contributed by atoms with Gasteiger partial charge in [0.2, 0.25) is 5.88 Å². The van der Waals surface area contributed by atoms with Crippen LogP contribution in [0.3, 0.4) is 0 Å². The second kappa shape index (κ2) is 10.1. The summed E-state index contributed by atoms with van der Waals surface area (Å²) in [5.74, 6) is 0.636. The minimum absolute atomic E-state index is 0.0375. The Morgan fingerprint density at radius 3 is 2.63 bits per heavy atom. The van der Waals surface area contributed by atoms with Crippen LogP contribution in [0.2, 0.25) is 0 Å². The van der Waals surface area contributed by atoms with Crippen molar-refractivity contribution in [3.63, 3.8) is 0 Å². The van der Waals surface area contributed by atoms with Crippen molar-refractivity contribution in [2.75, 3.05) is 13.3 Å². The molecule has 0 spiro atoms. The van der Waals surface area contributed by atoms with Crippen LogP contribution >= 0.6 is 0 Å². The molecule has 3 heterocycles. The molecule has 3 aromatic heterocycles. The molecule has 0 aliphatic heterocycles. The van der Waals surface area contributed by atoms with E-state index in [1.54, 1.807) is 19.1 Å². The second-order valence-corrected chi connectivity index (χ2v) is 8.70. The lowest BCUT2D eigenvalue weighted by Gasteiger charge is -2.10. The molecule has 0 amide bonds. The number of Topliss-reactive ketones (excluding diaryl/α,β-unsaturated/α-hetero) is 1. The van der Waals surface area contributed by atoms with Gasteiger partial charge in [-0.05, 0) is 49.4 Å². The lowest BCUT2D eigenvalue weighted by molar-refractivity contribution is -0.141. The topological polar surface area (TPSA) is 82.8 Å². The van der Waals surface area contributed by atoms with Crippen molar-refractivity contribution in [1.29, 1.82) is 0 Å². The van der Waals surface area contributed by atoms with E-state index in [1.807, 2.05) is 6.07 Å². The maximum Gasteiger partial charge on any atom is 0.435 e. The molecule has 7 nitrogen and oxygen atoms in total. The maximum atomic E-state index is 13.3. The van der Waals surface area contributed by atoms with Crippen molar-refractivity contribution in [1.82, 2.24) is 25.0 Å². The van der Waals surface area contributed by atoms with E-state index in [-0.39, 0.29) is 36.5 Å². The summed E-state index contributed by atoms with van der Waals surface area (Å²) in [6.45, 7) is 0.936. The van der Waals surface area contributed by atoms with Crippen molar-refractivity contribution < 1.29 is 27.1 Å². The van der Waals surface area contributed by atoms with E-state index >= 15 is 0 Å². The first-order valence-corrected chi connectivity index (χ1v) is 11.3. The summed E-state index contributed by atoms with van der Waals surface area (Å²) in [6, 6.07) is 5.19. The molecule has 0 N–H and O–H groups in total. The Morgan fingerprint density at radius 1 is 1.20 bits per heavy atom. The minimum Gasteiger partial charge on any atom is -0.475 e. The van der Waals surface area contributed by atoms with E-state index in [2.05, 4.69) is 20.3 Å². The molecule has 1 aliphatic rings. The summed E-state index contributed by atoms with van der Waals surface area (Å²) in [4.78, 5) is 17.0. The number of nitrogens with zero attached hydrogens (tertiary/aromatic N) is 5. The molecule has 1 fully saturated rings. The fourth-order valence-corrected chi connectivity index (χ4v) is 3.87. The molecule has 11 heteroatoms. The lowest BCUT2D eigenvalue weighted by Crippen LogP contribution is -2.10. The predicted octanol–water partition coefficient (Wildman–Crippen LogP) is 4.57. The largest absolute Gasteiger partial charge is 0.475 e. The SMILES string of the molecule is Cc1cc(CCC(=O)Cc2cc(OCCF)nc(C3CC3)c2)nnc1-c1cn(C)nc1C(F)(F)F. The third-order valence-corrected chi connectivity index (χ3v) is 5.65. The fraction of sp³-hybridized carbons (Fsp3) is 0.458. The van der Waals surface area contributed by atoms with Gasteiger partial charge in [-0.1, -0.05) is 0 Å². The first-order chi connectivity index (χ1) is 16.6. The Hall–Kier alpha value is -3.37. The van der Waals surface area contributed by atoms with Crippen molar-refractivity contribution >= 4 is 5.78 Å². The molecule has 0 saturated heterocycles. The number of hydrogen-bond acceptors (Lipinski definition) is 6. The van der Waals surface area contributed by atoms with Gasteiger partial charge in [-0.2, -0.15) is 23.4 Å². The summed E-state index contributed by atoms with van der Waals surface area (Å²) in [5.41, 5.74) is 1.59. The van der Waals surface area contributed by atoms with Gasteiger partial charge in [0, 0.05) is 43.8 Å². The Kier molecular flexibility index (Phi) is 7.13. The van der Waals surface area contributed by atoms with Crippen molar-refractivity contribution in [2.24, 2.45) is 7.05 Å². The number of hydrogen-bond donors (Lipinski definition) is 0. The number of pyridine rings is 1. The van der Waals surface area contributed by atoms with E-state index in [1.165, 1.54) is 13.2 Å². The zero-order chi connectivity index (χ0) is 25.2. The van der Waals surface area contributed by atoms with Crippen LogP contribution in [-0.4, -0.2) is 44.0 Å². The number of halogens is 4. The van der Waals surface area contributed by atoms with Crippen molar-refractivity contribution in [3.05, 3.63) is 52.6 Å². The summed E-state index contributed by atoms with van der Waals surface area (Å²) in [7, 11) is 1.41. The van der Waals surface area contributed by atoms with Gasteiger partial charge in [-0.15, -0.1) is 5.10 Å².